The van der Waals surface area contributed by atoms with E-state index in [1.54, 1.807) is 17.0 Å². The van der Waals surface area contributed by atoms with Crippen molar-refractivity contribution in [3.8, 4) is 23.8 Å². The number of piperazine rings is 1. The molecule has 4 rings (SSSR count). The van der Waals surface area contributed by atoms with Gasteiger partial charge in [-0.05, 0) is 77.2 Å². The second-order valence-electron chi connectivity index (χ2n) is 8.23. The summed E-state index contributed by atoms with van der Waals surface area (Å²) in [6.45, 7) is 4.56. The summed E-state index contributed by atoms with van der Waals surface area (Å²) in [6, 6.07) is 13.6. The van der Waals surface area contributed by atoms with Crippen molar-refractivity contribution >= 4 is 63.2 Å². The van der Waals surface area contributed by atoms with Gasteiger partial charge in [-0.2, -0.15) is 0 Å². The minimum atomic E-state index is -0.480. The van der Waals surface area contributed by atoms with E-state index in [0.29, 0.717) is 49.8 Å². The lowest BCUT2D eigenvalue weighted by molar-refractivity contribution is -0.136. The predicted molar refractivity (Wildman–Crippen MR) is 153 cm³/mol. The second-order valence-corrected chi connectivity index (χ2v) is 10.4. The lowest BCUT2D eigenvalue weighted by Gasteiger charge is -2.36. The van der Waals surface area contributed by atoms with Gasteiger partial charge < -0.3 is 19.3 Å². The number of thioether (sulfide) groups is 1. The Bertz CT molecular complexity index is 1250. The number of imide groups is 1. The molecule has 3 amide bonds. The maximum absolute atomic E-state index is 13.0. The zero-order valence-electron chi connectivity index (χ0n) is 20.3. The Labute approximate surface area is 234 Å². The molecular weight excluding hydrogens is 605 g/mol. The smallest absolute Gasteiger partial charge is 0.294 e. The van der Waals surface area contributed by atoms with Gasteiger partial charge in [-0.3, -0.25) is 19.3 Å². The molecule has 0 aromatic heterocycles. The summed E-state index contributed by atoms with van der Waals surface area (Å²) in [5.41, 5.74) is 1.79. The molecule has 37 heavy (non-hydrogen) atoms. The number of hydrogen-bond donors (Lipinski definition) is 0. The van der Waals surface area contributed by atoms with Crippen LogP contribution in [0.4, 0.5) is 10.5 Å². The molecule has 192 valence electrons. The van der Waals surface area contributed by atoms with Crippen LogP contribution in [0.5, 0.6) is 11.5 Å². The van der Waals surface area contributed by atoms with E-state index >= 15 is 0 Å². The zero-order chi connectivity index (χ0) is 26.4. The Kier molecular flexibility index (Phi) is 9.00. The number of anilines is 1. The van der Waals surface area contributed by atoms with Gasteiger partial charge in [0.25, 0.3) is 11.1 Å². The number of rotatable bonds is 8. The minimum Gasteiger partial charge on any atom is -0.490 e. The van der Waals surface area contributed by atoms with Crippen LogP contribution in [0.15, 0.2) is 47.4 Å². The molecule has 2 fully saturated rings. The third-order valence-electron chi connectivity index (χ3n) is 5.85. The SMILES string of the molecule is C#CCOc1c(I)cc(/C=C2/SC(=O)N(CC(=O)N3CCN(c4ccccc4)CC3)C2=O)cc1OCC. The predicted octanol–water partition coefficient (Wildman–Crippen LogP) is 4.09. The highest BCUT2D eigenvalue weighted by Crippen LogP contribution is 2.37. The number of para-hydroxylation sites is 1. The maximum atomic E-state index is 13.0. The molecule has 0 radical (unpaired) electrons. The zero-order valence-corrected chi connectivity index (χ0v) is 23.3. The largest absolute Gasteiger partial charge is 0.490 e. The molecular formula is C27H26IN3O5S. The summed E-state index contributed by atoms with van der Waals surface area (Å²) in [5, 5.41) is -0.457. The first-order chi connectivity index (χ1) is 17.9. The van der Waals surface area contributed by atoms with Crippen molar-refractivity contribution in [3.63, 3.8) is 0 Å². The first kappa shape index (κ1) is 26.9. The van der Waals surface area contributed by atoms with Gasteiger partial charge >= 0.3 is 0 Å². The summed E-state index contributed by atoms with van der Waals surface area (Å²) in [7, 11) is 0. The molecule has 8 nitrogen and oxygen atoms in total. The number of carbonyl (C=O) groups excluding carboxylic acids is 3. The fourth-order valence-corrected chi connectivity index (χ4v) is 5.68. The van der Waals surface area contributed by atoms with E-state index in [1.807, 2.05) is 43.3 Å². The Morgan fingerprint density at radius 1 is 1.14 bits per heavy atom. The number of ether oxygens (including phenoxy) is 2. The van der Waals surface area contributed by atoms with Crippen LogP contribution in [0.25, 0.3) is 6.08 Å². The van der Waals surface area contributed by atoms with Gasteiger partial charge in [0.1, 0.15) is 13.2 Å². The van der Waals surface area contributed by atoms with E-state index in [0.717, 1.165) is 25.9 Å². The molecule has 0 saturated carbocycles. The van der Waals surface area contributed by atoms with E-state index in [-0.39, 0.29) is 24.0 Å². The van der Waals surface area contributed by atoms with Gasteiger partial charge in [0, 0.05) is 31.9 Å². The number of carbonyl (C=O) groups is 3. The van der Waals surface area contributed by atoms with Crippen molar-refractivity contribution in [1.82, 2.24) is 9.80 Å². The highest BCUT2D eigenvalue weighted by Gasteiger charge is 2.37. The Balaban J connectivity index is 1.42. The van der Waals surface area contributed by atoms with Gasteiger partial charge in [0.15, 0.2) is 11.5 Å². The van der Waals surface area contributed by atoms with Crippen molar-refractivity contribution in [1.29, 1.82) is 0 Å². The third kappa shape index (κ3) is 6.40. The molecule has 0 N–H and O–H groups in total. The lowest BCUT2D eigenvalue weighted by Crippen LogP contribution is -2.51. The van der Waals surface area contributed by atoms with E-state index in [9.17, 15) is 14.4 Å². The van der Waals surface area contributed by atoms with Crippen molar-refractivity contribution in [2.24, 2.45) is 0 Å². The summed E-state index contributed by atoms with van der Waals surface area (Å²) < 4.78 is 12.1. The first-order valence-electron chi connectivity index (χ1n) is 11.8. The molecule has 10 heteroatoms. The Morgan fingerprint density at radius 3 is 2.54 bits per heavy atom. The van der Waals surface area contributed by atoms with Crippen LogP contribution in [-0.2, 0) is 9.59 Å². The van der Waals surface area contributed by atoms with Gasteiger partial charge in [-0.15, -0.1) is 6.42 Å². The van der Waals surface area contributed by atoms with Crippen LogP contribution in [-0.4, -0.2) is 72.8 Å². The third-order valence-corrected chi connectivity index (χ3v) is 7.56. The minimum absolute atomic E-state index is 0.101. The molecule has 2 aromatic carbocycles. The number of hydrogen-bond acceptors (Lipinski definition) is 7. The highest BCUT2D eigenvalue weighted by atomic mass is 127. The number of terminal acetylenes is 1. The van der Waals surface area contributed by atoms with Crippen LogP contribution >= 0.6 is 34.4 Å². The molecule has 2 aromatic rings. The van der Waals surface area contributed by atoms with Crippen LogP contribution < -0.4 is 14.4 Å². The van der Waals surface area contributed by atoms with Crippen LogP contribution in [0.2, 0.25) is 0 Å². The average Bonchev–Trinajstić information content (AvgIpc) is 3.16. The standard InChI is InChI=1S/C27H26IN3O5S/c1-3-14-36-25-21(28)15-19(16-22(25)35-4-2)17-23-26(33)31(27(34)37-23)18-24(32)30-12-10-29(11-13-30)20-8-6-5-7-9-20/h1,5-9,15-17H,4,10-14,18H2,2H3/b23-17+. The molecule has 0 atom stereocenters. The van der Waals surface area contributed by atoms with Crippen LogP contribution in [0.3, 0.4) is 0 Å². The summed E-state index contributed by atoms with van der Waals surface area (Å²) in [5.74, 6) is 2.75. The quantitative estimate of drug-likeness (QED) is 0.247. The average molecular weight is 631 g/mol. The molecule has 0 bridgehead atoms. The summed E-state index contributed by atoms with van der Waals surface area (Å²) in [6.07, 6.45) is 6.94. The Hall–Kier alpha value is -3.17. The molecule has 2 aliphatic rings. The van der Waals surface area contributed by atoms with Crippen LogP contribution in [0, 0.1) is 15.9 Å². The molecule has 0 spiro atoms. The number of nitrogens with zero attached hydrogens (tertiary/aromatic N) is 3. The van der Waals surface area contributed by atoms with Crippen molar-refractivity contribution < 1.29 is 23.9 Å². The normalized spacial score (nSPS) is 16.8. The molecule has 0 unspecified atom stereocenters. The highest BCUT2D eigenvalue weighted by molar-refractivity contribution is 14.1. The summed E-state index contributed by atoms with van der Waals surface area (Å²) in [4.78, 5) is 43.8. The van der Waals surface area contributed by atoms with Gasteiger partial charge in [-0.1, -0.05) is 24.1 Å². The van der Waals surface area contributed by atoms with Crippen LogP contribution in [0.1, 0.15) is 12.5 Å². The molecule has 2 heterocycles. The molecule has 0 aliphatic carbocycles. The van der Waals surface area contributed by atoms with E-state index in [1.165, 1.54) is 0 Å². The number of amides is 3. The maximum Gasteiger partial charge on any atom is 0.294 e. The van der Waals surface area contributed by atoms with Gasteiger partial charge in [-0.25, -0.2) is 0 Å². The molecule has 2 saturated heterocycles. The van der Waals surface area contributed by atoms with Crippen molar-refractivity contribution in [2.45, 2.75) is 6.92 Å². The van der Waals surface area contributed by atoms with E-state index < -0.39 is 11.1 Å². The van der Waals surface area contributed by atoms with Gasteiger partial charge in [0.2, 0.25) is 5.91 Å². The topological polar surface area (TPSA) is 79.4 Å². The number of halogens is 1. The first-order valence-corrected chi connectivity index (χ1v) is 13.7. The van der Waals surface area contributed by atoms with Crippen molar-refractivity contribution in [3.05, 3.63) is 56.5 Å². The monoisotopic (exact) mass is 631 g/mol. The van der Waals surface area contributed by atoms with E-state index in [2.05, 4.69) is 33.4 Å². The van der Waals surface area contributed by atoms with E-state index in [4.69, 9.17) is 15.9 Å². The fourth-order valence-electron chi connectivity index (χ4n) is 4.06. The molecule has 2 aliphatic heterocycles. The number of benzene rings is 2. The second kappa shape index (κ2) is 12.4. The summed E-state index contributed by atoms with van der Waals surface area (Å²) >= 11 is 2.94. The lowest BCUT2D eigenvalue weighted by atomic mass is 10.2. The Morgan fingerprint density at radius 2 is 1.86 bits per heavy atom. The van der Waals surface area contributed by atoms with Crippen molar-refractivity contribution in [2.75, 3.05) is 50.8 Å². The van der Waals surface area contributed by atoms with Gasteiger partial charge in [0.05, 0.1) is 15.1 Å². The fraction of sp³-hybridized carbons (Fsp3) is 0.296.